The lowest BCUT2D eigenvalue weighted by molar-refractivity contribution is -0.384. The Morgan fingerprint density at radius 1 is 1.30 bits per heavy atom. The van der Waals surface area contributed by atoms with E-state index < -0.39 is 4.92 Å². The van der Waals surface area contributed by atoms with E-state index in [-0.39, 0.29) is 23.2 Å². The fourth-order valence-corrected chi connectivity index (χ4v) is 2.43. The van der Waals surface area contributed by atoms with Crippen LogP contribution in [0.4, 0.5) is 5.69 Å². The summed E-state index contributed by atoms with van der Waals surface area (Å²) < 4.78 is 11.3. The average molecular weight is 321 g/mol. The maximum Gasteiger partial charge on any atom is 0.270 e. The van der Waals surface area contributed by atoms with Gasteiger partial charge in [-0.3, -0.25) is 14.9 Å². The molecule has 1 aliphatic heterocycles. The molecule has 0 radical (unpaired) electrons. The third-order valence-electron chi connectivity index (χ3n) is 3.79. The van der Waals surface area contributed by atoms with E-state index in [0.29, 0.717) is 31.6 Å². The Morgan fingerprint density at radius 3 is 2.65 bits per heavy atom. The molecule has 2 rings (SSSR count). The predicted molar refractivity (Wildman–Crippen MR) is 85.4 cm³/mol. The number of hydrogen-bond donors (Lipinski definition) is 0. The molecule has 1 aromatic rings. The normalized spacial score (nSPS) is 17.8. The molecule has 1 aliphatic rings. The largest absolute Gasteiger partial charge is 0.352 e. The molecule has 0 N–H and O–H groups in total. The van der Waals surface area contributed by atoms with E-state index in [9.17, 15) is 14.9 Å². The predicted octanol–water partition coefficient (Wildman–Crippen LogP) is 3.74. The zero-order valence-corrected chi connectivity index (χ0v) is 13.6. The number of hydrogen-bond acceptors (Lipinski definition) is 5. The maximum absolute atomic E-state index is 12.1. The minimum absolute atomic E-state index is 0.0533. The summed E-state index contributed by atoms with van der Waals surface area (Å²) in [5.74, 6) is -0.0692. The Labute approximate surface area is 135 Å². The van der Waals surface area contributed by atoms with E-state index in [1.807, 2.05) is 0 Å². The fraction of sp³-hybridized carbons (Fsp3) is 0.588. The highest BCUT2D eigenvalue weighted by molar-refractivity contribution is 5.96. The van der Waals surface area contributed by atoms with Crippen LogP contribution in [0.5, 0.6) is 0 Å². The summed E-state index contributed by atoms with van der Waals surface area (Å²) in [6.07, 6.45) is 2.49. The molecule has 1 heterocycles. The lowest BCUT2D eigenvalue weighted by Gasteiger charge is -2.34. The summed E-state index contributed by atoms with van der Waals surface area (Å²) in [4.78, 5) is 22.3. The van der Waals surface area contributed by atoms with Crippen LogP contribution in [0.3, 0.4) is 0 Å². The van der Waals surface area contributed by atoms with E-state index in [1.165, 1.54) is 18.2 Å². The van der Waals surface area contributed by atoms with Crippen LogP contribution in [0.1, 0.15) is 49.9 Å². The van der Waals surface area contributed by atoms with Gasteiger partial charge in [-0.05, 0) is 19.3 Å². The van der Waals surface area contributed by atoms with Gasteiger partial charge in [-0.1, -0.05) is 26.0 Å². The van der Waals surface area contributed by atoms with Gasteiger partial charge in [0.15, 0.2) is 12.1 Å². The van der Waals surface area contributed by atoms with Crippen molar-refractivity contribution >= 4 is 11.5 Å². The quantitative estimate of drug-likeness (QED) is 0.331. The first kappa shape index (κ1) is 17.6. The monoisotopic (exact) mass is 321 g/mol. The van der Waals surface area contributed by atoms with Crippen molar-refractivity contribution in [3.8, 4) is 0 Å². The Hall–Kier alpha value is -1.79. The highest BCUT2D eigenvalue weighted by Crippen LogP contribution is 2.25. The number of nitrogens with zero attached hydrogens (tertiary/aromatic N) is 1. The van der Waals surface area contributed by atoms with Crippen molar-refractivity contribution in [1.82, 2.24) is 0 Å². The first-order valence-electron chi connectivity index (χ1n) is 7.88. The van der Waals surface area contributed by atoms with Gasteiger partial charge >= 0.3 is 0 Å². The summed E-state index contributed by atoms with van der Waals surface area (Å²) in [6.45, 7) is 5.57. The Balaban J connectivity index is 1.71. The van der Waals surface area contributed by atoms with Gasteiger partial charge in [0.25, 0.3) is 5.69 Å². The van der Waals surface area contributed by atoms with Crippen LogP contribution >= 0.6 is 0 Å². The molecule has 0 spiro atoms. The third kappa shape index (κ3) is 5.41. The maximum atomic E-state index is 12.1. The van der Waals surface area contributed by atoms with Crippen LogP contribution in [0.25, 0.3) is 0 Å². The molecule has 6 heteroatoms. The zero-order chi connectivity index (χ0) is 16.9. The van der Waals surface area contributed by atoms with E-state index in [4.69, 9.17) is 9.47 Å². The highest BCUT2D eigenvalue weighted by atomic mass is 16.7. The van der Waals surface area contributed by atoms with Gasteiger partial charge in [0.1, 0.15) is 0 Å². The molecular weight excluding hydrogens is 298 g/mol. The number of rotatable bonds is 7. The van der Waals surface area contributed by atoms with Crippen LogP contribution in [0, 0.1) is 15.5 Å². The molecule has 0 saturated carbocycles. The number of Topliss-reactive ketones (excluding diaryl/α,β-unsaturated/α-hetero) is 1. The number of benzene rings is 1. The standard InChI is InChI=1S/C17H23NO5/c1-17(2)11-22-16(23-12-17)9-4-3-8-15(19)13-6-5-7-14(10-13)18(20)21/h5-7,10,16H,3-4,8-9,11-12H2,1-2H3. The van der Waals surface area contributed by atoms with Crippen molar-refractivity contribution in [2.75, 3.05) is 13.2 Å². The van der Waals surface area contributed by atoms with Crippen LogP contribution in [0.2, 0.25) is 0 Å². The summed E-state index contributed by atoms with van der Waals surface area (Å²) >= 11 is 0. The molecule has 0 bridgehead atoms. The minimum Gasteiger partial charge on any atom is -0.352 e. The van der Waals surface area contributed by atoms with Gasteiger partial charge < -0.3 is 9.47 Å². The van der Waals surface area contributed by atoms with E-state index in [2.05, 4.69) is 13.8 Å². The van der Waals surface area contributed by atoms with E-state index >= 15 is 0 Å². The lowest BCUT2D eigenvalue weighted by atomic mass is 9.95. The number of carbonyl (C=O) groups excluding carboxylic acids is 1. The summed E-state index contributed by atoms with van der Waals surface area (Å²) in [7, 11) is 0. The summed E-state index contributed by atoms with van der Waals surface area (Å²) in [6, 6.07) is 5.87. The average Bonchev–Trinajstić information content (AvgIpc) is 2.52. The third-order valence-corrected chi connectivity index (χ3v) is 3.79. The number of unbranched alkanes of at least 4 members (excludes halogenated alkanes) is 1. The van der Waals surface area contributed by atoms with E-state index in [1.54, 1.807) is 6.07 Å². The molecule has 0 unspecified atom stereocenters. The first-order valence-corrected chi connectivity index (χ1v) is 7.88. The zero-order valence-electron chi connectivity index (χ0n) is 13.6. The van der Waals surface area contributed by atoms with Gasteiger partial charge in [0.05, 0.1) is 18.1 Å². The summed E-state index contributed by atoms with van der Waals surface area (Å²) in [5, 5.41) is 10.7. The molecule has 0 aromatic heterocycles. The van der Waals surface area contributed by atoms with Gasteiger partial charge in [0, 0.05) is 29.5 Å². The molecular formula is C17H23NO5. The minimum atomic E-state index is -0.490. The number of non-ortho nitro benzene ring substituents is 1. The SMILES string of the molecule is CC1(C)COC(CCCCC(=O)c2cccc([N+](=O)[O-])c2)OC1. The summed E-state index contributed by atoms with van der Waals surface area (Å²) in [5.41, 5.74) is 0.405. The second-order valence-corrected chi connectivity index (χ2v) is 6.69. The van der Waals surface area contributed by atoms with Crippen molar-refractivity contribution in [3.05, 3.63) is 39.9 Å². The first-order chi connectivity index (χ1) is 10.9. The second kappa shape index (κ2) is 7.66. The molecule has 126 valence electrons. The van der Waals surface area contributed by atoms with Crippen LogP contribution < -0.4 is 0 Å². The van der Waals surface area contributed by atoms with Gasteiger partial charge in [-0.2, -0.15) is 0 Å². The Morgan fingerprint density at radius 2 is 2.00 bits per heavy atom. The molecule has 0 aliphatic carbocycles. The number of ether oxygens (including phenoxy) is 2. The Bertz CT molecular complexity index is 560. The van der Waals surface area contributed by atoms with Crippen molar-refractivity contribution in [2.24, 2.45) is 5.41 Å². The number of nitro groups is 1. The Kier molecular flexibility index (Phi) is 5.85. The smallest absolute Gasteiger partial charge is 0.270 e. The molecule has 23 heavy (non-hydrogen) atoms. The molecule has 1 saturated heterocycles. The van der Waals surface area contributed by atoms with Gasteiger partial charge in [-0.25, -0.2) is 0 Å². The van der Waals surface area contributed by atoms with Crippen molar-refractivity contribution in [2.45, 2.75) is 45.8 Å². The van der Waals surface area contributed by atoms with Crippen LogP contribution in [-0.2, 0) is 9.47 Å². The molecule has 1 fully saturated rings. The topological polar surface area (TPSA) is 78.7 Å². The highest BCUT2D eigenvalue weighted by Gasteiger charge is 2.27. The molecule has 6 nitrogen and oxygen atoms in total. The number of ketones is 1. The van der Waals surface area contributed by atoms with Crippen molar-refractivity contribution in [1.29, 1.82) is 0 Å². The van der Waals surface area contributed by atoms with E-state index in [0.717, 1.165) is 12.8 Å². The van der Waals surface area contributed by atoms with Crippen molar-refractivity contribution in [3.63, 3.8) is 0 Å². The molecule has 0 amide bonds. The number of nitro benzene ring substituents is 1. The molecule has 1 aromatic carbocycles. The van der Waals surface area contributed by atoms with Crippen LogP contribution in [-0.4, -0.2) is 30.2 Å². The van der Waals surface area contributed by atoms with Gasteiger partial charge in [0.2, 0.25) is 0 Å². The van der Waals surface area contributed by atoms with Crippen LogP contribution in [0.15, 0.2) is 24.3 Å². The fourth-order valence-electron chi connectivity index (χ4n) is 2.43. The number of carbonyl (C=O) groups is 1. The molecule has 0 atom stereocenters. The van der Waals surface area contributed by atoms with Crippen molar-refractivity contribution < 1.29 is 19.2 Å². The second-order valence-electron chi connectivity index (χ2n) is 6.69. The van der Waals surface area contributed by atoms with Gasteiger partial charge in [-0.15, -0.1) is 0 Å². The lowest BCUT2D eigenvalue weighted by Crippen LogP contribution is -2.37.